The number of aromatic hydroxyl groups is 1. The van der Waals surface area contributed by atoms with E-state index >= 15 is 0 Å². The average molecular weight is 516 g/mol. The largest absolute Gasteiger partial charge is 0.510 e. The minimum absolute atomic E-state index is 0.00816. The molecular weight excluding hydrogens is 490 g/mol. The number of amides is 1. The number of aliphatic hydroxyl groups excluding tert-OH is 2. The maximum absolute atomic E-state index is 13.8. The van der Waals surface area contributed by atoms with E-state index in [2.05, 4.69) is 6.07 Å². The number of hydrogen-bond donors (Lipinski definition) is 5. The number of phenolic OH excluding ortho intramolecular Hbond substituents is 1. The van der Waals surface area contributed by atoms with Crippen LogP contribution in [0.4, 0.5) is 0 Å². The van der Waals surface area contributed by atoms with Crippen LogP contribution >= 0.6 is 0 Å². The normalized spacial score (nSPS) is 26.6. The summed E-state index contributed by atoms with van der Waals surface area (Å²) in [5.41, 5.74) is 3.89. The predicted octanol–water partition coefficient (Wildman–Crippen LogP) is 1.66. The van der Waals surface area contributed by atoms with Crippen molar-refractivity contribution in [3.8, 4) is 22.9 Å². The molecule has 0 heterocycles. The number of aliphatic hydroxyl groups is 3. The zero-order valence-corrected chi connectivity index (χ0v) is 20.6. The Hall–Kier alpha value is -4.46. The van der Waals surface area contributed by atoms with Crippen LogP contribution in [0.1, 0.15) is 27.9 Å². The molecule has 194 valence electrons. The molecule has 3 aliphatic carbocycles. The second-order valence-electron chi connectivity index (χ2n) is 10.1. The monoisotopic (exact) mass is 515 g/mol. The van der Waals surface area contributed by atoms with Gasteiger partial charge in [0.05, 0.1) is 23.2 Å². The van der Waals surface area contributed by atoms with Crippen LogP contribution in [0.5, 0.6) is 5.75 Å². The number of primary amides is 1. The van der Waals surface area contributed by atoms with Crippen LogP contribution in [0.25, 0.3) is 11.1 Å². The van der Waals surface area contributed by atoms with E-state index in [1.807, 2.05) is 0 Å². The van der Waals surface area contributed by atoms with Crippen LogP contribution < -0.4 is 5.73 Å². The van der Waals surface area contributed by atoms with Crippen molar-refractivity contribution < 1.29 is 34.8 Å². The molecule has 2 aromatic rings. The maximum Gasteiger partial charge on any atom is 0.255 e. The molecule has 0 radical (unpaired) electrons. The summed E-state index contributed by atoms with van der Waals surface area (Å²) in [6.07, 6.45) is 0.187. The lowest BCUT2D eigenvalue weighted by atomic mass is 9.58. The molecular formula is C28H25N3O7. The minimum Gasteiger partial charge on any atom is -0.510 e. The molecule has 0 saturated carbocycles. The van der Waals surface area contributed by atoms with Gasteiger partial charge in [0, 0.05) is 11.5 Å². The third kappa shape index (κ3) is 3.29. The van der Waals surface area contributed by atoms with Gasteiger partial charge >= 0.3 is 0 Å². The Morgan fingerprint density at radius 1 is 1.11 bits per heavy atom. The van der Waals surface area contributed by atoms with Crippen LogP contribution in [0.2, 0.25) is 0 Å². The molecule has 0 fully saturated rings. The van der Waals surface area contributed by atoms with Crippen LogP contribution in [0.15, 0.2) is 59.1 Å². The second kappa shape index (κ2) is 8.55. The zero-order chi connectivity index (χ0) is 27.7. The van der Waals surface area contributed by atoms with Crippen LogP contribution in [0, 0.1) is 23.2 Å². The van der Waals surface area contributed by atoms with Crippen LogP contribution in [0.3, 0.4) is 0 Å². The smallest absolute Gasteiger partial charge is 0.255 e. The third-order valence-electron chi connectivity index (χ3n) is 7.93. The van der Waals surface area contributed by atoms with E-state index < -0.39 is 58.0 Å². The SMILES string of the molecule is CN(C)[C@@H]1C(O)=C(C(N)=O)C(=O)[C@@]2(O)C(O)=C3C(=O)c4c(O)ccc(-c5ccc(C#N)cc5)c4C[C@H]3C[C@@H]12. The van der Waals surface area contributed by atoms with Gasteiger partial charge in [-0.15, -0.1) is 0 Å². The molecule has 6 N–H and O–H groups in total. The van der Waals surface area contributed by atoms with Gasteiger partial charge in [0.25, 0.3) is 5.91 Å². The Kier molecular flexibility index (Phi) is 5.67. The van der Waals surface area contributed by atoms with E-state index in [1.165, 1.54) is 11.0 Å². The van der Waals surface area contributed by atoms with Crippen molar-refractivity contribution in [1.29, 1.82) is 5.26 Å². The van der Waals surface area contributed by atoms with Crippen molar-refractivity contribution in [1.82, 2.24) is 4.90 Å². The summed E-state index contributed by atoms with van der Waals surface area (Å²) >= 11 is 0. The van der Waals surface area contributed by atoms with E-state index in [4.69, 9.17) is 11.0 Å². The summed E-state index contributed by atoms with van der Waals surface area (Å²) in [4.78, 5) is 40.7. The van der Waals surface area contributed by atoms with E-state index in [0.29, 0.717) is 22.3 Å². The average Bonchev–Trinajstić information content (AvgIpc) is 2.86. The summed E-state index contributed by atoms with van der Waals surface area (Å²) in [7, 11) is 3.16. The van der Waals surface area contributed by atoms with Crippen molar-refractivity contribution in [3.63, 3.8) is 0 Å². The number of allylic oxidation sites excluding steroid dienone is 1. The first-order valence-electron chi connectivity index (χ1n) is 11.9. The number of nitrogens with zero attached hydrogens (tertiary/aromatic N) is 2. The summed E-state index contributed by atoms with van der Waals surface area (Å²) in [6, 6.07) is 10.7. The van der Waals surface area contributed by atoms with E-state index in [0.717, 1.165) is 0 Å². The predicted molar refractivity (Wildman–Crippen MR) is 134 cm³/mol. The van der Waals surface area contributed by atoms with Crippen LogP contribution in [-0.2, 0) is 16.0 Å². The maximum atomic E-state index is 13.8. The van der Waals surface area contributed by atoms with Crippen molar-refractivity contribution >= 4 is 17.5 Å². The number of likely N-dealkylation sites (N-methyl/N-ethyl adjacent to an activating group) is 1. The molecule has 10 heteroatoms. The lowest BCUT2D eigenvalue weighted by Crippen LogP contribution is -2.63. The van der Waals surface area contributed by atoms with E-state index in [1.54, 1.807) is 44.4 Å². The number of rotatable bonds is 3. The Bertz CT molecular complexity index is 1530. The Morgan fingerprint density at radius 2 is 1.76 bits per heavy atom. The highest BCUT2D eigenvalue weighted by Gasteiger charge is 2.63. The number of nitriles is 1. The van der Waals surface area contributed by atoms with Gasteiger partial charge in [0.2, 0.25) is 5.78 Å². The molecule has 1 amide bonds. The van der Waals surface area contributed by atoms with Gasteiger partial charge in [-0.1, -0.05) is 18.2 Å². The van der Waals surface area contributed by atoms with E-state index in [9.17, 15) is 34.8 Å². The number of nitrogens with two attached hydrogens (primary N) is 1. The van der Waals surface area contributed by atoms with Crippen molar-refractivity contribution in [2.75, 3.05) is 14.1 Å². The number of phenols is 1. The fraction of sp³-hybridized carbons (Fsp3) is 0.286. The van der Waals surface area contributed by atoms with Gasteiger partial charge in [0.15, 0.2) is 11.4 Å². The summed E-state index contributed by atoms with van der Waals surface area (Å²) in [5, 5.41) is 53.6. The highest BCUT2D eigenvalue weighted by Crippen LogP contribution is 2.53. The number of fused-ring (bicyclic) bond motifs is 3. The van der Waals surface area contributed by atoms with Gasteiger partial charge in [0.1, 0.15) is 22.8 Å². The van der Waals surface area contributed by atoms with Crippen molar-refractivity contribution in [2.24, 2.45) is 17.6 Å². The summed E-state index contributed by atoms with van der Waals surface area (Å²) in [6.45, 7) is 0. The molecule has 0 spiro atoms. The zero-order valence-electron chi connectivity index (χ0n) is 20.6. The molecule has 0 aromatic heterocycles. The van der Waals surface area contributed by atoms with Gasteiger partial charge < -0.3 is 26.2 Å². The topological polar surface area (TPSA) is 185 Å². The van der Waals surface area contributed by atoms with E-state index in [-0.39, 0.29) is 29.7 Å². The number of benzene rings is 2. The quantitative estimate of drug-likeness (QED) is 0.379. The Labute approximate surface area is 217 Å². The van der Waals surface area contributed by atoms with Crippen molar-refractivity contribution in [2.45, 2.75) is 24.5 Å². The Morgan fingerprint density at radius 3 is 2.34 bits per heavy atom. The third-order valence-corrected chi connectivity index (χ3v) is 7.93. The van der Waals surface area contributed by atoms with Crippen LogP contribution in [-0.4, -0.2) is 68.5 Å². The van der Waals surface area contributed by atoms with Gasteiger partial charge in [-0.3, -0.25) is 19.3 Å². The number of carbonyl (C=O) groups excluding carboxylic acids is 3. The molecule has 0 unspecified atom stereocenters. The first kappa shape index (κ1) is 25.2. The van der Waals surface area contributed by atoms with Gasteiger partial charge in [-0.25, -0.2) is 0 Å². The minimum atomic E-state index is -2.68. The summed E-state index contributed by atoms with van der Waals surface area (Å²) in [5.74, 6) is -6.89. The number of carbonyl (C=O) groups is 3. The molecule has 38 heavy (non-hydrogen) atoms. The fourth-order valence-electron chi connectivity index (χ4n) is 6.25. The number of Topliss-reactive ketones (excluding diaryl/α,β-unsaturated/α-hetero) is 2. The standard InChI is InChI=1S/C28H25N3O7/c1-31(2)22-17-10-14-9-16-15(13-5-3-12(11-29)4-6-13)7-8-18(32)20(16)23(33)19(14)25(35)28(17,38)26(36)21(24(22)34)27(30)37/h3-8,14,17,22,32,34-35,38H,9-10H2,1-2H3,(H2,30,37)/t14-,17-,22-,28-/m0/s1. The summed E-state index contributed by atoms with van der Waals surface area (Å²) < 4.78 is 0. The molecule has 0 aliphatic heterocycles. The molecule has 2 aromatic carbocycles. The molecule has 5 rings (SSSR count). The fourth-order valence-corrected chi connectivity index (χ4v) is 6.25. The Balaban J connectivity index is 1.71. The highest BCUT2D eigenvalue weighted by atomic mass is 16.3. The number of ketones is 2. The first-order valence-corrected chi connectivity index (χ1v) is 11.9. The number of hydrogen-bond acceptors (Lipinski definition) is 9. The second-order valence-corrected chi connectivity index (χ2v) is 10.1. The highest BCUT2D eigenvalue weighted by molar-refractivity contribution is 6.24. The molecule has 0 bridgehead atoms. The lowest BCUT2D eigenvalue weighted by Gasteiger charge is -2.50. The molecule has 0 saturated heterocycles. The molecule has 4 atom stereocenters. The van der Waals surface area contributed by atoms with Crippen molar-refractivity contribution in [3.05, 3.63) is 75.8 Å². The van der Waals surface area contributed by atoms with Gasteiger partial charge in [-0.2, -0.15) is 5.26 Å². The molecule has 3 aliphatic rings. The van der Waals surface area contributed by atoms with Gasteiger partial charge in [-0.05, 0) is 67.7 Å². The lowest BCUT2D eigenvalue weighted by molar-refractivity contribution is -0.148. The molecule has 10 nitrogen and oxygen atoms in total. The first-order chi connectivity index (χ1) is 17.9.